The van der Waals surface area contributed by atoms with Crippen LogP contribution in [-0.2, 0) is 14.3 Å². The van der Waals surface area contributed by atoms with Gasteiger partial charge in [-0.3, -0.25) is 14.4 Å². The molecule has 0 radical (unpaired) electrons. The van der Waals surface area contributed by atoms with Crippen molar-refractivity contribution in [2.75, 3.05) is 25.6 Å². The molecule has 0 fully saturated rings. The lowest BCUT2D eigenvalue weighted by Crippen LogP contribution is -2.30. The van der Waals surface area contributed by atoms with E-state index in [1.54, 1.807) is 12.1 Å². The molecule has 2 amide bonds. The van der Waals surface area contributed by atoms with Crippen molar-refractivity contribution in [2.24, 2.45) is 0 Å². The van der Waals surface area contributed by atoms with Gasteiger partial charge in [0.1, 0.15) is 18.1 Å². The molecule has 0 heterocycles. The number of anilines is 1. The Morgan fingerprint density at radius 3 is 2.30 bits per heavy atom. The number of rotatable bonds is 8. The number of carbonyl (C=O) groups is 3. The maximum atomic E-state index is 12.8. The Balaban J connectivity index is 1.76. The summed E-state index contributed by atoms with van der Waals surface area (Å²) in [6.07, 6.45) is 0.110. The van der Waals surface area contributed by atoms with Crippen molar-refractivity contribution in [1.29, 1.82) is 0 Å². The van der Waals surface area contributed by atoms with E-state index in [-0.39, 0.29) is 31.3 Å². The molecule has 8 heteroatoms. The van der Waals surface area contributed by atoms with E-state index in [1.165, 1.54) is 43.5 Å². The van der Waals surface area contributed by atoms with E-state index in [4.69, 9.17) is 4.74 Å². The second-order valence-corrected chi connectivity index (χ2v) is 5.44. The molecule has 2 aromatic rings. The van der Waals surface area contributed by atoms with E-state index < -0.39 is 11.9 Å². The number of halogens is 1. The highest BCUT2D eigenvalue weighted by atomic mass is 19.1. The number of esters is 1. The third-order valence-electron chi connectivity index (χ3n) is 3.46. The Labute approximate surface area is 155 Å². The van der Waals surface area contributed by atoms with Gasteiger partial charge in [-0.25, -0.2) is 4.39 Å². The second kappa shape index (κ2) is 9.91. The van der Waals surface area contributed by atoms with Gasteiger partial charge < -0.3 is 20.1 Å². The summed E-state index contributed by atoms with van der Waals surface area (Å²) in [6, 6.07) is 11.7. The maximum absolute atomic E-state index is 12.8. The summed E-state index contributed by atoms with van der Waals surface area (Å²) in [6.45, 7) is -0.0760. The van der Waals surface area contributed by atoms with E-state index in [9.17, 15) is 18.8 Å². The molecule has 0 spiro atoms. The molecule has 0 unspecified atom stereocenters. The maximum Gasteiger partial charge on any atom is 0.325 e. The van der Waals surface area contributed by atoms with Gasteiger partial charge in [0.15, 0.2) is 0 Å². The van der Waals surface area contributed by atoms with Gasteiger partial charge in [0.05, 0.1) is 20.1 Å². The SMILES string of the molecule is COC(=O)CNC(=O)c1ccc(NC(=O)CCOc2ccc(F)cc2)cc1. The lowest BCUT2D eigenvalue weighted by Gasteiger charge is -2.08. The summed E-state index contributed by atoms with van der Waals surface area (Å²) in [5.41, 5.74) is 0.864. The molecule has 2 N–H and O–H groups in total. The van der Waals surface area contributed by atoms with Gasteiger partial charge in [-0.05, 0) is 48.5 Å². The molecule has 0 saturated heterocycles. The van der Waals surface area contributed by atoms with Gasteiger partial charge in [0, 0.05) is 11.3 Å². The van der Waals surface area contributed by atoms with Crippen molar-refractivity contribution in [3.63, 3.8) is 0 Å². The number of nitrogens with one attached hydrogen (secondary N) is 2. The van der Waals surface area contributed by atoms with Gasteiger partial charge in [-0.1, -0.05) is 0 Å². The van der Waals surface area contributed by atoms with Crippen LogP contribution in [0.2, 0.25) is 0 Å². The molecule has 0 aromatic heterocycles. The Morgan fingerprint density at radius 2 is 1.67 bits per heavy atom. The van der Waals surface area contributed by atoms with Crippen LogP contribution in [0.5, 0.6) is 5.75 Å². The predicted molar refractivity (Wildman–Crippen MR) is 95.9 cm³/mol. The molecular weight excluding hydrogens is 355 g/mol. The number of amides is 2. The highest BCUT2D eigenvalue weighted by molar-refractivity contribution is 5.97. The highest BCUT2D eigenvalue weighted by Crippen LogP contribution is 2.12. The zero-order valence-corrected chi connectivity index (χ0v) is 14.7. The smallest absolute Gasteiger partial charge is 0.325 e. The summed E-state index contributed by atoms with van der Waals surface area (Å²) in [4.78, 5) is 34.8. The second-order valence-electron chi connectivity index (χ2n) is 5.44. The summed E-state index contributed by atoms with van der Waals surface area (Å²) >= 11 is 0. The minimum Gasteiger partial charge on any atom is -0.493 e. The fraction of sp³-hybridized carbons (Fsp3) is 0.211. The van der Waals surface area contributed by atoms with Crippen LogP contribution in [0, 0.1) is 5.82 Å². The first-order chi connectivity index (χ1) is 13.0. The number of methoxy groups -OCH3 is 1. The first-order valence-electron chi connectivity index (χ1n) is 8.11. The van der Waals surface area contributed by atoms with E-state index in [2.05, 4.69) is 15.4 Å². The first kappa shape index (κ1) is 19.9. The van der Waals surface area contributed by atoms with Crippen LogP contribution in [0.4, 0.5) is 10.1 Å². The lowest BCUT2D eigenvalue weighted by molar-refractivity contribution is -0.139. The third-order valence-corrected chi connectivity index (χ3v) is 3.46. The zero-order valence-electron chi connectivity index (χ0n) is 14.7. The largest absolute Gasteiger partial charge is 0.493 e. The molecule has 0 aliphatic rings. The Bertz CT molecular complexity index is 791. The summed E-state index contributed by atoms with van der Waals surface area (Å²) in [5.74, 6) is -1.12. The minimum atomic E-state index is -0.546. The van der Waals surface area contributed by atoms with Crippen molar-refractivity contribution >= 4 is 23.5 Å². The molecular formula is C19H19FN2O5. The fourth-order valence-electron chi connectivity index (χ4n) is 2.05. The normalized spacial score (nSPS) is 10.0. The quantitative estimate of drug-likeness (QED) is 0.691. The predicted octanol–water partition coefficient (Wildman–Crippen LogP) is 2.14. The minimum absolute atomic E-state index is 0.110. The van der Waals surface area contributed by atoms with E-state index >= 15 is 0 Å². The molecule has 142 valence electrons. The highest BCUT2D eigenvalue weighted by Gasteiger charge is 2.09. The van der Waals surface area contributed by atoms with E-state index in [0.29, 0.717) is 17.0 Å². The van der Waals surface area contributed by atoms with Crippen molar-refractivity contribution in [2.45, 2.75) is 6.42 Å². The van der Waals surface area contributed by atoms with Crippen molar-refractivity contribution < 1.29 is 28.2 Å². The number of hydrogen-bond donors (Lipinski definition) is 2. The Kier molecular flexibility index (Phi) is 7.30. The van der Waals surface area contributed by atoms with Crippen LogP contribution in [0.25, 0.3) is 0 Å². The van der Waals surface area contributed by atoms with Crippen LogP contribution in [0.3, 0.4) is 0 Å². The number of ether oxygens (including phenoxy) is 2. The fourth-order valence-corrected chi connectivity index (χ4v) is 2.05. The topological polar surface area (TPSA) is 93.7 Å². The van der Waals surface area contributed by atoms with E-state index in [1.807, 2.05) is 0 Å². The van der Waals surface area contributed by atoms with Crippen LogP contribution in [-0.4, -0.2) is 38.0 Å². The Morgan fingerprint density at radius 1 is 1.00 bits per heavy atom. The molecule has 0 aliphatic carbocycles. The van der Waals surface area contributed by atoms with Crippen LogP contribution in [0.1, 0.15) is 16.8 Å². The molecule has 7 nitrogen and oxygen atoms in total. The average Bonchev–Trinajstić information content (AvgIpc) is 2.68. The van der Waals surface area contributed by atoms with Crippen molar-refractivity contribution in [1.82, 2.24) is 5.32 Å². The van der Waals surface area contributed by atoms with Crippen LogP contribution >= 0.6 is 0 Å². The van der Waals surface area contributed by atoms with Crippen molar-refractivity contribution in [3.05, 3.63) is 59.9 Å². The average molecular weight is 374 g/mol. The zero-order chi connectivity index (χ0) is 19.6. The molecule has 2 aromatic carbocycles. The number of carbonyl (C=O) groups excluding carboxylic acids is 3. The van der Waals surface area contributed by atoms with Gasteiger partial charge in [-0.2, -0.15) is 0 Å². The molecule has 0 bridgehead atoms. The van der Waals surface area contributed by atoms with Crippen molar-refractivity contribution in [3.8, 4) is 5.75 Å². The summed E-state index contributed by atoms with van der Waals surface area (Å²) in [5, 5.41) is 5.09. The molecule has 0 aliphatic heterocycles. The molecule has 0 saturated carbocycles. The summed E-state index contributed by atoms with van der Waals surface area (Å²) in [7, 11) is 1.23. The number of hydrogen-bond acceptors (Lipinski definition) is 5. The third kappa shape index (κ3) is 6.77. The van der Waals surface area contributed by atoms with E-state index in [0.717, 1.165) is 0 Å². The standard InChI is InChI=1S/C19H19FN2O5/c1-26-18(24)12-21-19(25)13-2-6-15(7-3-13)22-17(23)10-11-27-16-8-4-14(20)5-9-16/h2-9H,10-12H2,1H3,(H,21,25)(H,22,23). The Hall–Kier alpha value is -3.42. The van der Waals surface area contributed by atoms with Gasteiger partial charge in [0.2, 0.25) is 5.91 Å². The van der Waals surface area contributed by atoms with Crippen LogP contribution in [0.15, 0.2) is 48.5 Å². The molecule has 0 atom stereocenters. The summed E-state index contributed by atoms with van der Waals surface area (Å²) < 4.78 is 22.6. The van der Waals surface area contributed by atoms with Gasteiger partial charge >= 0.3 is 5.97 Å². The van der Waals surface area contributed by atoms with Crippen LogP contribution < -0.4 is 15.4 Å². The molecule has 2 rings (SSSR count). The molecule has 27 heavy (non-hydrogen) atoms. The first-order valence-corrected chi connectivity index (χ1v) is 8.11. The van der Waals surface area contributed by atoms with Gasteiger partial charge in [-0.15, -0.1) is 0 Å². The van der Waals surface area contributed by atoms with Gasteiger partial charge in [0.25, 0.3) is 5.91 Å². The monoisotopic (exact) mass is 374 g/mol. The number of benzene rings is 2. The lowest BCUT2D eigenvalue weighted by atomic mass is 10.2.